The van der Waals surface area contributed by atoms with E-state index in [9.17, 15) is 13.2 Å². The number of pyridine rings is 1. The zero-order valence-corrected chi connectivity index (χ0v) is 8.60. The maximum absolute atomic E-state index is 13.4. The van der Waals surface area contributed by atoms with Crippen molar-refractivity contribution in [3.05, 3.63) is 53.1 Å². The Kier molecular flexibility index (Phi) is 2.83. The molecule has 0 amide bonds. The fourth-order valence-corrected chi connectivity index (χ4v) is 1.55. The van der Waals surface area contributed by atoms with E-state index in [4.69, 9.17) is 11.6 Å². The monoisotopic (exact) mass is 243 g/mol. The zero-order valence-electron chi connectivity index (χ0n) is 7.85. The van der Waals surface area contributed by atoms with Crippen LogP contribution in [0, 0.1) is 17.5 Å². The van der Waals surface area contributed by atoms with Gasteiger partial charge in [-0.15, -0.1) is 0 Å². The van der Waals surface area contributed by atoms with Crippen LogP contribution in [-0.2, 0) is 0 Å². The lowest BCUT2D eigenvalue weighted by Crippen LogP contribution is -1.93. The lowest BCUT2D eigenvalue weighted by atomic mass is 10.1. The number of aromatic nitrogens is 1. The summed E-state index contributed by atoms with van der Waals surface area (Å²) in [5.74, 6) is -2.33. The Morgan fingerprint density at radius 2 is 1.69 bits per heavy atom. The summed E-state index contributed by atoms with van der Waals surface area (Å²) in [6.45, 7) is 0. The largest absolute Gasteiger partial charge is 0.241 e. The number of benzene rings is 1. The Morgan fingerprint density at radius 1 is 1.06 bits per heavy atom. The highest BCUT2D eigenvalue weighted by molar-refractivity contribution is 6.32. The number of nitrogens with zero attached hydrogens (tertiary/aromatic N) is 1. The van der Waals surface area contributed by atoms with E-state index in [0.717, 1.165) is 24.4 Å². The van der Waals surface area contributed by atoms with Gasteiger partial charge in [0.2, 0.25) is 0 Å². The first-order valence-electron chi connectivity index (χ1n) is 4.35. The summed E-state index contributed by atoms with van der Waals surface area (Å²) < 4.78 is 39.7. The fraction of sp³-hybridized carbons (Fsp3) is 0. The van der Waals surface area contributed by atoms with E-state index in [0.29, 0.717) is 0 Å². The van der Waals surface area contributed by atoms with Crippen LogP contribution in [0.2, 0.25) is 5.15 Å². The van der Waals surface area contributed by atoms with Crippen molar-refractivity contribution < 1.29 is 13.2 Å². The predicted octanol–water partition coefficient (Wildman–Crippen LogP) is 3.82. The number of halogens is 4. The average Bonchev–Trinajstić information content (AvgIpc) is 2.23. The van der Waals surface area contributed by atoms with Crippen molar-refractivity contribution in [2.45, 2.75) is 0 Å². The van der Waals surface area contributed by atoms with Gasteiger partial charge < -0.3 is 0 Å². The second kappa shape index (κ2) is 4.14. The van der Waals surface area contributed by atoms with Gasteiger partial charge in [0.1, 0.15) is 22.6 Å². The van der Waals surface area contributed by atoms with Crippen LogP contribution in [0.5, 0.6) is 0 Å². The van der Waals surface area contributed by atoms with Crippen LogP contribution >= 0.6 is 11.6 Å². The summed E-state index contributed by atoms with van der Waals surface area (Å²) in [7, 11) is 0. The van der Waals surface area contributed by atoms with Crippen molar-refractivity contribution in [1.82, 2.24) is 4.98 Å². The van der Waals surface area contributed by atoms with E-state index < -0.39 is 17.5 Å². The highest BCUT2D eigenvalue weighted by Crippen LogP contribution is 2.30. The first-order chi connectivity index (χ1) is 7.59. The lowest BCUT2D eigenvalue weighted by molar-refractivity contribution is 0.588. The first kappa shape index (κ1) is 11.0. The van der Waals surface area contributed by atoms with E-state index >= 15 is 0 Å². The molecule has 0 aliphatic rings. The molecule has 0 aliphatic carbocycles. The molecule has 0 bridgehead atoms. The minimum Gasteiger partial charge on any atom is -0.241 e. The quantitative estimate of drug-likeness (QED) is 0.694. The van der Waals surface area contributed by atoms with Crippen LogP contribution in [-0.4, -0.2) is 4.98 Å². The SMILES string of the molecule is Fc1cnc(Cl)c(-c2c(F)cccc2F)c1. The molecule has 5 heteroatoms. The Labute approximate surface area is 94.5 Å². The first-order valence-corrected chi connectivity index (χ1v) is 4.73. The molecule has 1 nitrogen and oxygen atoms in total. The highest BCUT2D eigenvalue weighted by atomic mass is 35.5. The molecule has 2 aromatic rings. The average molecular weight is 244 g/mol. The summed E-state index contributed by atoms with van der Waals surface area (Å²) >= 11 is 5.66. The molecule has 0 aliphatic heterocycles. The Balaban J connectivity index is 2.72. The van der Waals surface area contributed by atoms with Crippen LogP contribution in [0.3, 0.4) is 0 Å². The summed E-state index contributed by atoms with van der Waals surface area (Å²) in [5, 5.41) is -0.148. The van der Waals surface area contributed by atoms with Crippen molar-refractivity contribution in [1.29, 1.82) is 0 Å². The number of hydrogen-bond acceptors (Lipinski definition) is 1. The predicted molar refractivity (Wildman–Crippen MR) is 54.6 cm³/mol. The molecule has 0 unspecified atom stereocenters. The molecule has 0 atom stereocenters. The molecular weight excluding hydrogens is 239 g/mol. The van der Waals surface area contributed by atoms with Crippen LogP contribution in [0.15, 0.2) is 30.5 Å². The van der Waals surface area contributed by atoms with E-state index in [1.807, 2.05) is 0 Å². The molecule has 0 fully saturated rings. The molecule has 1 aromatic heterocycles. The fourth-order valence-electron chi connectivity index (χ4n) is 1.35. The molecule has 0 spiro atoms. The molecule has 0 saturated carbocycles. The third-order valence-corrected chi connectivity index (χ3v) is 2.34. The van der Waals surface area contributed by atoms with Gasteiger partial charge in [-0.1, -0.05) is 17.7 Å². The topological polar surface area (TPSA) is 12.9 Å². The zero-order chi connectivity index (χ0) is 11.7. The van der Waals surface area contributed by atoms with Crippen LogP contribution < -0.4 is 0 Å². The summed E-state index contributed by atoms with van der Waals surface area (Å²) in [5.41, 5.74) is -0.475. The summed E-state index contributed by atoms with van der Waals surface area (Å²) in [6.07, 6.45) is 0.880. The van der Waals surface area contributed by atoms with E-state index in [1.165, 1.54) is 6.07 Å². The third kappa shape index (κ3) is 1.88. The van der Waals surface area contributed by atoms with Gasteiger partial charge in [-0.05, 0) is 18.2 Å². The van der Waals surface area contributed by atoms with Crippen LogP contribution in [0.1, 0.15) is 0 Å². The van der Waals surface area contributed by atoms with Crippen molar-refractivity contribution in [3.8, 4) is 11.1 Å². The minimum absolute atomic E-state index is 0.0998. The van der Waals surface area contributed by atoms with E-state index in [-0.39, 0.29) is 16.3 Å². The van der Waals surface area contributed by atoms with Gasteiger partial charge in [-0.3, -0.25) is 0 Å². The van der Waals surface area contributed by atoms with Gasteiger partial charge in [-0.25, -0.2) is 18.2 Å². The maximum atomic E-state index is 13.4. The summed E-state index contributed by atoms with van der Waals surface area (Å²) in [6, 6.07) is 4.30. The Morgan fingerprint density at radius 3 is 2.31 bits per heavy atom. The third-order valence-electron chi connectivity index (χ3n) is 2.04. The maximum Gasteiger partial charge on any atom is 0.142 e. The Hall–Kier alpha value is -1.55. The smallest absolute Gasteiger partial charge is 0.142 e. The highest BCUT2D eigenvalue weighted by Gasteiger charge is 2.15. The van der Waals surface area contributed by atoms with Gasteiger partial charge >= 0.3 is 0 Å². The second-order valence-corrected chi connectivity index (χ2v) is 3.45. The standard InChI is InChI=1S/C11H5ClF3N/c12-11-7(4-6(13)5-16-11)10-8(14)2-1-3-9(10)15/h1-5H. The van der Waals surface area contributed by atoms with Gasteiger partial charge in [0, 0.05) is 5.56 Å². The molecular formula is C11H5ClF3N. The molecule has 1 heterocycles. The molecule has 1 aromatic carbocycles. The summed E-state index contributed by atoms with van der Waals surface area (Å²) in [4.78, 5) is 3.49. The van der Waals surface area contributed by atoms with Gasteiger partial charge in [0.25, 0.3) is 0 Å². The van der Waals surface area contributed by atoms with Crippen LogP contribution in [0.4, 0.5) is 13.2 Å². The number of rotatable bonds is 1. The Bertz CT molecular complexity index is 522. The number of hydrogen-bond donors (Lipinski definition) is 0. The van der Waals surface area contributed by atoms with Crippen molar-refractivity contribution in [2.75, 3.05) is 0 Å². The molecule has 0 saturated heterocycles. The molecule has 0 N–H and O–H groups in total. The molecule has 82 valence electrons. The van der Waals surface area contributed by atoms with Crippen molar-refractivity contribution in [3.63, 3.8) is 0 Å². The van der Waals surface area contributed by atoms with Gasteiger partial charge in [-0.2, -0.15) is 0 Å². The lowest BCUT2D eigenvalue weighted by Gasteiger charge is -2.06. The molecule has 0 radical (unpaired) electrons. The van der Waals surface area contributed by atoms with Crippen LogP contribution in [0.25, 0.3) is 11.1 Å². The van der Waals surface area contributed by atoms with E-state index in [2.05, 4.69) is 4.98 Å². The van der Waals surface area contributed by atoms with Crippen molar-refractivity contribution in [2.24, 2.45) is 0 Å². The van der Waals surface area contributed by atoms with E-state index in [1.54, 1.807) is 0 Å². The normalized spacial score (nSPS) is 10.5. The van der Waals surface area contributed by atoms with Gasteiger partial charge in [0.05, 0.1) is 11.8 Å². The molecule has 2 rings (SSSR count). The van der Waals surface area contributed by atoms with Gasteiger partial charge in [0.15, 0.2) is 0 Å². The second-order valence-electron chi connectivity index (χ2n) is 3.09. The van der Waals surface area contributed by atoms with Crippen molar-refractivity contribution >= 4 is 11.6 Å². The minimum atomic E-state index is -0.811. The molecule has 16 heavy (non-hydrogen) atoms.